The largest absolute Gasteiger partial charge is 0.356 e. The summed E-state index contributed by atoms with van der Waals surface area (Å²) in [6.45, 7) is 6.31. The lowest BCUT2D eigenvalue weighted by molar-refractivity contribution is -0.121. The smallest absolute Gasteiger partial charge is 0.227 e. The van der Waals surface area contributed by atoms with Crippen molar-refractivity contribution in [2.24, 2.45) is 5.92 Å². The molecule has 3 rings (SSSR count). The fourth-order valence-corrected chi connectivity index (χ4v) is 3.02. The number of nitrogens with one attached hydrogen (secondary N) is 1. The molecule has 7 heteroatoms. The molecule has 0 aliphatic carbocycles. The monoisotopic (exact) mass is 343 g/mol. The number of aryl methyl sites for hydroxylation is 1. The van der Waals surface area contributed by atoms with Crippen LogP contribution in [0.3, 0.4) is 0 Å². The topological polar surface area (TPSA) is 84.2 Å². The highest BCUT2D eigenvalue weighted by molar-refractivity contribution is 5.76. The van der Waals surface area contributed by atoms with E-state index in [-0.39, 0.29) is 5.91 Å². The SMILES string of the molecule is C[C@H](CNC(=O)CCc1nc(-c2ccccn2)no1)CN1CCCC1. The van der Waals surface area contributed by atoms with Gasteiger partial charge in [-0.2, -0.15) is 4.98 Å². The third-order valence-corrected chi connectivity index (χ3v) is 4.34. The van der Waals surface area contributed by atoms with Crippen molar-refractivity contribution in [3.8, 4) is 11.5 Å². The molecule has 1 fully saturated rings. The van der Waals surface area contributed by atoms with E-state index in [0.717, 1.165) is 6.54 Å². The summed E-state index contributed by atoms with van der Waals surface area (Å²) in [5.74, 6) is 1.39. The van der Waals surface area contributed by atoms with Crippen LogP contribution in [0.1, 0.15) is 32.1 Å². The number of nitrogens with zero attached hydrogens (tertiary/aromatic N) is 4. The Labute approximate surface area is 147 Å². The van der Waals surface area contributed by atoms with Crippen molar-refractivity contribution in [2.75, 3.05) is 26.2 Å². The van der Waals surface area contributed by atoms with Gasteiger partial charge in [-0.3, -0.25) is 9.78 Å². The summed E-state index contributed by atoms with van der Waals surface area (Å²) in [7, 11) is 0. The number of pyridine rings is 1. The lowest BCUT2D eigenvalue weighted by Crippen LogP contribution is -2.34. The Balaban J connectivity index is 1.38. The Hall–Kier alpha value is -2.28. The summed E-state index contributed by atoms with van der Waals surface area (Å²) >= 11 is 0. The van der Waals surface area contributed by atoms with Gasteiger partial charge in [-0.1, -0.05) is 18.1 Å². The van der Waals surface area contributed by atoms with Crippen LogP contribution in [0.15, 0.2) is 28.9 Å². The van der Waals surface area contributed by atoms with E-state index < -0.39 is 0 Å². The summed E-state index contributed by atoms with van der Waals surface area (Å²) in [6.07, 6.45) is 5.06. The van der Waals surface area contributed by atoms with Gasteiger partial charge < -0.3 is 14.7 Å². The Morgan fingerprint density at radius 1 is 1.36 bits per heavy atom. The van der Waals surface area contributed by atoms with E-state index in [2.05, 4.69) is 32.3 Å². The number of likely N-dealkylation sites (tertiary alicyclic amines) is 1. The molecule has 1 aliphatic rings. The average molecular weight is 343 g/mol. The minimum Gasteiger partial charge on any atom is -0.356 e. The number of aromatic nitrogens is 3. The van der Waals surface area contributed by atoms with Crippen LogP contribution in [0.5, 0.6) is 0 Å². The molecule has 3 heterocycles. The van der Waals surface area contributed by atoms with Crippen molar-refractivity contribution < 1.29 is 9.32 Å². The highest BCUT2D eigenvalue weighted by atomic mass is 16.5. The molecular formula is C18H25N5O2. The minimum atomic E-state index is 0.0193. The zero-order chi connectivity index (χ0) is 17.5. The van der Waals surface area contributed by atoms with Crippen molar-refractivity contribution in [3.63, 3.8) is 0 Å². The molecule has 1 atom stereocenters. The standard InChI is InChI=1S/C18H25N5O2/c1-14(13-23-10-4-5-11-23)12-20-16(24)7-8-17-21-18(22-25-17)15-6-2-3-9-19-15/h2-3,6,9,14H,4-5,7-8,10-13H2,1H3,(H,20,24)/t14-/m1/s1. The first-order valence-corrected chi connectivity index (χ1v) is 8.94. The van der Waals surface area contributed by atoms with E-state index in [1.807, 2.05) is 18.2 Å². The van der Waals surface area contributed by atoms with Crippen molar-refractivity contribution in [2.45, 2.75) is 32.6 Å². The molecule has 0 aromatic carbocycles. The van der Waals surface area contributed by atoms with E-state index in [1.165, 1.54) is 25.9 Å². The van der Waals surface area contributed by atoms with Gasteiger partial charge in [0.2, 0.25) is 17.6 Å². The van der Waals surface area contributed by atoms with Gasteiger partial charge in [-0.25, -0.2) is 0 Å². The fraction of sp³-hybridized carbons (Fsp3) is 0.556. The summed E-state index contributed by atoms with van der Waals surface area (Å²) in [5, 5.41) is 6.91. The van der Waals surface area contributed by atoms with Crippen molar-refractivity contribution in [3.05, 3.63) is 30.3 Å². The summed E-state index contributed by atoms with van der Waals surface area (Å²) in [5.41, 5.74) is 0.665. The molecule has 1 aliphatic heterocycles. The van der Waals surface area contributed by atoms with Gasteiger partial charge in [-0.15, -0.1) is 0 Å². The first kappa shape index (κ1) is 17.5. The highest BCUT2D eigenvalue weighted by Crippen LogP contribution is 2.13. The lowest BCUT2D eigenvalue weighted by atomic mass is 10.1. The molecule has 1 N–H and O–H groups in total. The molecule has 0 bridgehead atoms. The van der Waals surface area contributed by atoms with E-state index in [9.17, 15) is 4.79 Å². The van der Waals surface area contributed by atoms with Gasteiger partial charge >= 0.3 is 0 Å². The molecular weight excluding hydrogens is 318 g/mol. The van der Waals surface area contributed by atoms with E-state index >= 15 is 0 Å². The van der Waals surface area contributed by atoms with Crippen LogP contribution in [0, 0.1) is 5.92 Å². The predicted octanol–water partition coefficient (Wildman–Crippen LogP) is 1.91. The Morgan fingerprint density at radius 3 is 2.96 bits per heavy atom. The van der Waals surface area contributed by atoms with Gasteiger partial charge in [0.05, 0.1) is 0 Å². The molecule has 2 aromatic rings. The maximum Gasteiger partial charge on any atom is 0.227 e. The van der Waals surface area contributed by atoms with Crippen LogP contribution < -0.4 is 5.32 Å². The maximum atomic E-state index is 12.0. The van der Waals surface area contributed by atoms with E-state index in [0.29, 0.717) is 42.7 Å². The molecule has 2 aromatic heterocycles. The number of rotatable bonds is 8. The first-order valence-electron chi connectivity index (χ1n) is 8.94. The number of amides is 1. The number of hydrogen-bond acceptors (Lipinski definition) is 6. The molecule has 134 valence electrons. The second-order valence-corrected chi connectivity index (χ2v) is 6.64. The van der Waals surface area contributed by atoms with Crippen LogP contribution in [-0.4, -0.2) is 52.1 Å². The summed E-state index contributed by atoms with van der Waals surface area (Å²) < 4.78 is 5.20. The molecule has 1 saturated heterocycles. The molecule has 0 spiro atoms. The second-order valence-electron chi connectivity index (χ2n) is 6.64. The Morgan fingerprint density at radius 2 is 2.20 bits per heavy atom. The van der Waals surface area contributed by atoms with Crippen LogP contribution in [-0.2, 0) is 11.2 Å². The lowest BCUT2D eigenvalue weighted by Gasteiger charge is -2.20. The van der Waals surface area contributed by atoms with E-state index in [4.69, 9.17) is 4.52 Å². The molecule has 7 nitrogen and oxygen atoms in total. The van der Waals surface area contributed by atoms with E-state index in [1.54, 1.807) is 6.20 Å². The van der Waals surface area contributed by atoms with Crippen LogP contribution in [0.25, 0.3) is 11.5 Å². The van der Waals surface area contributed by atoms with Crippen LogP contribution in [0.2, 0.25) is 0 Å². The maximum absolute atomic E-state index is 12.0. The molecule has 25 heavy (non-hydrogen) atoms. The molecule has 0 radical (unpaired) electrons. The third-order valence-electron chi connectivity index (χ3n) is 4.34. The fourth-order valence-electron chi connectivity index (χ4n) is 3.02. The van der Waals surface area contributed by atoms with Crippen molar-refractivity contribution in [1.29, 1.82) is 0 Å². The first-order chi connectivity index (χ1) is 12.2. The quantitative estimate of drug-likeness (QED) is 0.788. The number of carbonyl (C=O) groups excluding carboxylic acids is 1. The van der Waals surface area contributed by atoms with Crippen LogP contribution in [0.4, 0.5) is 0 Å². The summed E-state index contributed by atoms with van der Waals surface area (Å²) in [6, 6.07) is 5.53. The molecule has 0 unspecified atom stereocenters. The zero-order valence-electron chi connectivity index (χ0n) is 14.6. The third kappa shape index (κ3) is 5.35. The van der Waals surface area contributed by atoms with Gasteiger partial charge in [0.25, 0.3) is 0 Å². The normalized spacial score (nSPS) is 16.0. The number of carbonyl (C=O) groups is 1. The molecule has 0 saturated carbocycles. The van der Waals surface area contributed by atoms with Gasteiger partial charge in [-0.05, 0) is 44.0 Å². The average Bonchev–Trinajstić information content (AvgIpc) is 3.31. The van der Waals surface area contributed by atoms with Crippen molar-refractivity contribution in [1.82, 2.24) is 25.3 Å². The highest BCUT2D eigenvalue weighted by Gasteiger charge is 2.15. The minimum absolute atomic E-state index is 0.0193. The predicted molar refractivity (Wildman–Crippen MR) is 93.7 cm³/mol. The van der Waals surface area contributed by atoms with Gasteiger partial charge in [0, 0.05) is 32.1 Å². The zero-order valence-corrected chi connectivity index (χ0v) is 14.6. The second kappa shape index (κ2) is 8.71. The number of hydrogen-bond donors (Lipinski definition) is 1. The van der Waals surface area contributed by atoms with Crippen molar-refractivity contribution >= 4 is 5.91 Å². The summed E-state index contributed by atoms with van der Waals surface area (Å²) in [4.78, 5) is 22.9. The van der Waals surface area contributed by atoms with Gasteiger partial charge in [0.1, 0.15) is 5.69 Å². The molecule has 1 amide bonds. The Bertz CT molecular complexity index is 667. The van der Waals surface area contributed by atoms with Gasteiger partial charge in [0.15, 0.2) is 0 Å². The Kier molecular flexibility index (Phi) is 6.11. The van der Waals surface area contributed by atoms with Crippen LogP contribution >= 0.6 is 0 Å².